The van der Waals surface area contributed by atoms with E-state index in [9.17, 15) is 0 Å². The van der Waals surface area contributed by atoms with E-state index in [0.29, 0.717) is 15.8 Å². The molecule has 2 aromatic heterocycles. The lowest BCUT2D eigenvalue weighted by Crippen LogP contribution is -1.91. The van der Waals surface area contributed by atoms with Crippen molar-refractivity contribution in [2.75, 3.05) is 0 Å². The molecule has 1 N–H and O–H groups in total. The number of aromatic nitrogens is 3. The van der Waals surface area contributed by atoms with Gasteiger partial charge < -0.3 is 8.98 Å². The van der Waals surface area contributed by atoms with Crippen molar-refractivity contribution < 1.29 is 4.42 Å². The van der Waals surface area contributed by atoms with Crippen LogP contribution >= 0.6 is 23.8 Å². The molecule has 0 aliphatic rings. The third kappa shape index (κ3) is 1.30. The number of nitrogens with zero attached hydrogens (tertiary/aromatic N) is 2. The molecule has 68 valence electrons. The van der Waals surface area contributed by atoms with Crippen molar-refractivity contribution in [2.45, 2.75) is 0 Å². The molecule has 0 aromatic carbocycles. The Balaban J connectivity index is 2.65. The number of rotatable bonds is 1. The fourth-order valence-electron chi connectivity index (χ4n) is 1.04. The molecule has 0 spiro atoms. The van der Waals surface area contributed by atoms with E-state index in [1.165, 1.54) is 6.26 Å². The second-order valence-electron chi connectivity index (χ2n) is 2.52. The molecule has 0 unspecified atom stereocenters. The van der Waals surface area contributed by atoms with E-state index in [1.807, 2.05) is 7.05 Å². The highest BCUT2D eigenvalue weighted by Crippen LogP contribution is 2.26. The smallest absolute Gasteiger partial charge is 0.204 e. The molecule has 0 aliphatic carbocycles. The minimum absolute atomic E-state index is 0.317. The lowest BCUT2D eigenvalue weighted by Gasteiger charge is -1.95. The predicted octanol–water partition coefficient (Wildman–Crippen LogP) is 2.39. The third-order valence-electron chi connectivity index (χ3n) is 1.74. The molecule has 0 radical (unpaired) electrons. The van der Waals surface area contributed by atoms with Crippen LogP contribution in [0.1, 0.15) is 0 Å². The number of hydrogen-bond donors (Lipinski definition) is 1. The molecule has 0 aliphatic heterocycles. The fourth-order valence-corrected chi connectivity index (χ4v) is 1.37. The summed E-state index contributed by atoms with van der Waals surface area (Å²) < 4.78 is 7.22. The minimum atomic E-state index is 0.317. The maximum absolute atomic E-state index is 5.79. The van der Waals surface area contributed by atoms with Gasteiger partial charge in [0.1, 0.15) is 0 Å². The van der Waals surface area contributed by atoms with Gasteiger partial charge in [0, 0.05) is 7.05 Å². The molecular weight excluding hydrogens is 210 g/mol. The van der Waals surface area contributed by atoms with Crippen molar-refractivity contribution in [3.8, 4) is 11.4 Å². The van der Waals surface area contributed by atoms with Gasteiger partial charge in [0.2, 0.25) is 5.22 Å². The van der Waals surface area contributed by atoms with Crippen LogP contribution in [0.15, 0.2) is 16.7 Å². The molecule has 2 heterocycles. The SMILES string of the molecule is Cn1c(-c2ccoc2Cl)n[nH]c1=S. The van der Waals surface area contributed by atoms with Crippen molar-refractivity contribution in [3.05, 3.63) is 22.3 Å². The Kier molecular flexibility index (Phi) is 1.97. The standard InChI is InChI=1S/C7H6ClN3OS/c1-11-6(9-10-7(11)13)4-2-3-12-5(4)8/h2-3H,1H3,(H,10,13). The zero-order valence-corrected chi connectivity index (χ0v) is 8.32. The van der Waals surface area contributed by atoms with Gasteiger partial charge in [0.25, 0.3) is 0 Å². The number of hydrogen-bond acceptors (Lipinski definition) is 3. The molecule has 4 nitrogen and oxygen atoms in total. The molecule has 13 heavy (non-hydrogen) atoms. The minimum Gasteiger partial charge on any atom is -0.452 e. The van der Waals surface area contributed by atoms with Crippen LogP contribution in [-0.2, 0) is 7.05 Å². The normalized spacial score (nSPS) is 10.6. The average molecular weight is 216 g/mol. The molecule has 2 aromatic rings. The zero-order valence-electron chi connectivity index (χ0n) is 6.74. The second-order valence-corrected chi connectivity index (χ2v) is 3.25. The van der Waals surface area contributed by atoms with E-state index < -0.39 is 0 Å². The lowest BCUT2D eigenvalue weighted by molar-refractivity contribution is 0.569. The molecule has 0 saturated carbocycles. The molecular formula is C7H6ClN3OS. The van der Waals surface area contributed by atoms with Crippen molar-refractivity contribution in [1.82, 2.24) is 14.8 Å². The zero-order chi connectivity index (χ0) is 9.42. The van der Waals surface area contributed by atoms with Gasteiger partial charge in [-0.15, -0.1) is 0 Å². The van der Waals surface area contributed by atoms with E-state index in [0.717, 1.165) is 5.56 Å². The Morgan fingerprint density at radius 2 is 2.46 bits per heavy atom. The molecule has 0 atom stereocenters. The molecule has 0 saturated heterocycles. The molecule has 0 amide bonds. The van der Waals surface area contributed by atoms with Crippen LogP contribution in [0.3, 0.4) is 0 Å². The van der Waals surface area contributed by atoms with Gasteiger partial charge in [-0.05, 0) is 29.9 Å². The quantitative estimate of drug-likeness (QED) is 0.743. The molecule has 0 bridgehead atoms. The van der Waals surface area contributed by atoms with E-state index in [4.69, 9.17) is 28.2 Å². The summed E-state index contributed by atoms with van der Waals surface area (Å²) in [6, 6.07) is 1.74. The van der Waals surface area contributed by atoms with Gasteiger partial charge in [0.05, 0.1) is 11.8 Å². The van der Waals surface area contributed by atoms with Crippen molar-refractivity contribution in [3.63, 3.8) is 0 Å². The number of aromatic amines is 1. The summed E-state index contributed by atoms with van der Waals surface area (Å²) in [6.45, 7) is 0. The Morgan fingerprint density at radius 3 is 2.92 bits per heavy atom. The Morgan fingerprint density at radius 1 is 1.69 bits per heavy atom. The van der Waals surface area contributed by atoms with Crippen molar-refractivity contribution >= 4 is 23.8 Å². The molecule has 6 heteroatoms. The Labute approximate surface area is 84.1 Å². The van der Waals surface area contributed by atoms with Crippen LogP contribution in [0.25, 0.3) is 11.4 Å². The topological polar surface area (TPSA) is 46.8 Å². The maximum Gasteiger partial charge on any atom is 0.204 e. The van der Waals surface area contributed by atoms with Crippen LogP contribution in [0.2, 0.25) is 5.22 Å². The highest BCUT2D eigenvalue weighted by atomic mass is 35.5. The number of H-pyrrole nitrogens is 1. The molecule has 2 rings (SSSR count). The third-order valence-corrected chi connectivity index (χ3v) is 2.40. The monoisotopic (exact) mass is 215 g/mol. The Bertz CT molecular complexity index is 484. The highest BCUT2D eigenvalue weighted by Gasteiger charge is 2.11. The van der Waals surface area contributed by atoms with Crippen LogP contribution in [0.5, 0.6) is 0 Å². The summed E-state index contributed by atoms with van der Waals surface area (Å²) in [5, 5.41) is 7.00. The van der Waals surface area contributed by atoms with E-state index in [2.05, 4.69) is 10.2 Å². The van der Waals surface area contributed by atoms with Gasteiger partial charge in [-0.1, -0.05) is 0 Å². The van der Waals surface area contributed by atoms with Crippen LogP contribution in [0, 0.1) is 4.77 Å². The Hall–Kier alpha value is -1.07. The van der Waals surface area contributed by atoms with E-state index in [-0.39, 0.29) is 0 Å². The maximum atomic E-state index is 5.79. The summed E-state index contributed by atoms with van der Waals surface area (Å²) in [5.74, 6) is 0.670. The fraction of sp³-hybridized carbons (Fsp3) is 0.143. The van der Waals surface area contributed by atoms with Crippen molar-refractivity contribution in [2.24, 2.45) is 7.05 Å². The summed E-state index contributed by atoms with van der Waals surface area (Å²) in [4.78, 5) is 0. The highest BCUT2D eigenvalue weighted by molar-refractivity contribution is 7.71. The predicted molar refractivity (Wildman–Crippen MR) is 51.1 cm³/mol. The number of furan rings is 1. The summed E-state index contributed by atoms with van der Waals surface area (Å²) >= 11 is 10.8. The van der Waals surface area contributed by atoms with Gasteiger partial charge >= 0.3 is 0 Å². The second kappa shape index (κ2) is 3.01. The van der Waals surface area contributed by atoms with Gasteiger partial charge in [0.15, 0.2) is 10.6 Å². The lowest BCUT2D eigenvalue weighted by atomic mass is 10.3. The van der Waals surface area contributed by atoms with E-state index >= 15 is 0 Å². The summed E-state index contributed by atoms with van der Waals surface area (Å²) in [5.41, 5.74) is 0.733. The first-order chi connectivity index (χ1) is 6.20. The van der Waals surface area contributed by atoms with Crippen LogP contribution in [-0.4, -0.2) is 14.8 Å². The first kappa shape index (κ1) is 8.52. The van der Waals surface area contributed by atoms with E-state index in [1.54, 1.807) is 10.6 Å². The van der Waals surface area contributed by atoms with Gasteiger partial charge in [-0.2, -0.15) is 5.10 Å². The average Bonchev–Trinajstić information content (AvgIpc) is 2.62. The van der Waals surface area contributed by atoms with Gasteiger partial charge in [-0.25, -0.2) is 0 Å². The first-order valence-electron chi connectivity index (χ1n) is 3.55. The largest absolute Gasteiger partial charge is 0.452 e. The summed E-state index contributed by atoms with van der Waals surface area (Å²) in [7, 11) is 1.81. The van der Waals surface area contributed by atoms with Crippen LogP contribution in [0.4, 0.5) is 0 Å². The number of halogens is 1. The summed E-state index contributed by atoms with van der Waals surface area (Å²) in [6.07, 6.45) is 1.51. The molecule has 0 fully saturated rings. The van der Waals surface area contributed by atoms with Gasteiger partial charge in [-0.3, -0.25) is 5.10 Å². The first-order valence-corrected chi connectivity index (χ1v) is 4.33. The van der Waals surface area contributed by atoms with Crippen LogP contribution < -0.4 is 0 Å². The van der Waals surface area contributed by atoms with Crippen molar-refractivity contribution in [1.29, 1.82) is 0 Å². The number of nitrogens with one attached hydrogen (secondary N) is 1.